The Morgan fingerprint density at radius 3 is 1.77 bits per heavy atom. The van der Waals surface area contributed by atoms with Crippen LogP contribution >= 0.6 is 0 Å². The van der Waals surface area contributed by atoms with E-state index in [4.69, 9.17) is 19.5 Å². The third kappa shape index (κ3) is 3.72. The van der Waals surface area contributed by atoms with E-state index in [2.05, 4.69) is 12.1 Å². The van der Waals surface area contributed by atoms with Crippen molar-refractivity contribution in [3.05, 3.63) is 157 Å². The molecule has 9 rings (SSSR count). The van der Waals surface area contributed by atoms with Gasteiger partial charge in [-0.15, -0.1) is 0 Å². The van der Waals surface area contributed by atoms with E-state index >= 15 is 0 Å². The van der Waals surface area contributed by atoms with Gasteiger partial charge in [0, 0.05) is 10.8 Å². The second kappa shape index (κ2) is 9.44. The Kier molecular flexibility index (Phi) is 3.18. The highest BCUT2D eigenvalue weighted by Gasteiger charge is 2.18. The lowest BCUT2D eigenvalue weighted by atomic mass is 9.86. The lowest BCUT2D eigenvalue weighted by molar-refractivity contribution is 0.669. The molecule has 0 aliphatic heterocycles. The van der Waals surface area contributed by atoms with Crippen molar-refractivity contribution in [3.8, 4) is 33.4 Å². The first-order chi connectivity index (χ1) is 26.7. The Morgan fingerprint density at radius 1 is 0.419 bits per heavy atom. The molecule has 0 aliphatic rings. The summed E-state index contributed by atoms with van der Waals surface area (Å²) in [5, 5.41) is 2.91. The summed E-state index contributed by atoms with van der Waals surface area (Å²) in [5.41, 5.74) is 2.45. The fourth-order valence-electron chi connectivity index (χ4n) is 6.12. The van der Waals surface area contributed by atoms with Crippen molar-refractivity contribution in [1.82, 2.24) is 0 Å². The summed E-state index contributed by atoms with van der Waals surface area (Å²) in [4.78, 5) is 0. The van der Waals surface area contributed by atoms with E-state index in [1.54, 1.807) is 18.2 Å². The van der Waals surface area contributed by atoms with Gasteiger partial charge in [-0.25, -0.2) is 0 Å². The molecule has 0 atom stereocenters. The van der Waals surface area contributed by atoms with Crippen LogP contribution in [0.2, 0.25) is 0 Å². The van der Waals surface area contributed by atoms with Gasteiger partial charge in [0.05, 0.1) is 17.8 Å². The molecule has 8 aromatic carbocycles. The molecule has 0 spiro atoms. The van der Waals surface area contributed by atoms with E-state index in [-0.39, 0.29) is 32.7 Å². The average Bonchev–Trinajstić information content (AvgIpc) is 3.59. The second-order valence-electron chi connectivity index (χ2n) is 10.3. The SMILES string of the molecule is [2H]c1c([2H])c([2H])c(-c2c3c([2H])c([2H])c([2H])c([2H])c3c(-c3ccc4c(c3)oc3cccc(-c5ccc6ccccc6c5)c34)c3c([2H])c([2H])c([2H])c([2H])c23)c([2H])c1[2H]. The number of rotatable bonds is 3. The van der Waals surface area contributed by atoms with Gasteiger partial charge in [0.15, 0.2) is 0 Å². The Bertz CT molecular complexity index is 3130. The molecule has 0 amide bonds. The smallest absolute Gasteiger partial charge is 0.136 e. The van der Waals surface area contributed by atoms with Crippen LogP contribution in [-0.2, 0) is 0 Å². The average molecular weight is 560 g/mol. The quantitative estimate of drug-likeness (QED) is 0.196. The summed E-state index contributed by atoms with van der Waals surface area (Å²) in [6.45, 7) is 0. The van der Waals surface area contributed by atoms with Crippen LogP contribution in [0.25, 0.3) is 87.6 Å². The van der Waals surface area contributed by atoms with Crippen molar-refractivity contribution in [2.45, 2.75) is 0 Å². The fraction of sp³-hybridized carbons (Fsp3) is 0. The molecule has 1 heterocycles. The zero-order chi connectivity index (χ0) is 39.6. The van der Waals surface area contributed by atoms with Crippen molar-refractivity contribution in [3.63, 3.8) is 0 Å². The standard InChI is InChI=1S/C42H26O/c1-2-12-28(13-3-1)40-33-15-6-8-17-35(33)41(36-18-9-7-16-34(36)40)31-23-24-37-39(26-31)43-38-20-10-19-32(42(37)38)30-22-21-27-11-4-5-14-29(27)25-30/h1-26H/i1D,2D,3D,6D,7D,8D,9D,12D,13D,15D,16D,17D,18D. The number of hydrogen-bond donors (Lipinski definition) is 0. The molecule has 0 bridgehead atoms. The third-order valence-corrected chi connectivity index (χ3v) is 7.97. The molecule has 0 unspecified atom stereocenters. The first-order valence-electron chi connectivity index (χ1n) is 20.2. The van der Waals surface area contributed by atoms with Gasteiger partial charge in [0.1, 0.15) is 11.2 Å². The molecular formula is C42H26O. The molecular weight excluding hydrogens is 520 g/mol. The van der Waals surface area contributed by atoms with Crippen LogP contribution in [0.4, 0.5) is 0 Å². The first kappa shape index (κ1) is 14.5. The van der Waals surface area contributed by atoms with Gasteiger partial charge in [0.25, 0.3) is 0 Å². The second-order valence-corrected chi connectivity index (χ2v) is 10.3. The Hall–Kier alpha value is -5.66. The first-order valence-corrected chi connectivity index (χ1v) is 13.7. The maximum atomic E-state index is 9.22. The maximum Gasteiger partial charge on any atom is 0.136 e. The van der Waals surface area contributed by atoms with E-state index in [1.807, 2.05) is 48.5 Å². The monoisotopic (exact) mass is 559 g/mol. The highest BCUT2D eigenvalue weighted by atomic mass is 16.3. The number of fused-ring (bicyclic) bond motifs is 6. The van der Waals surface area contributed by atoms with Crippen molar-refractivity contribution < 1.29 is 22.2 Å². The largest absolute Gasteiger partial charge is 0.456 e. The number of benzene rings is 8. The topological polar surface area (TPSA) is 13.1 Å². The number of hydrogen-bond acceptors (Lipinski definition) is 1. The highest BCUT2D eigenvalue weighted by Crippen LogP contribution is 2.45. The van der Waals surface area contributed by atoms with E-state index < -0.39 is 84.1 Å². The Labute approximate surface area is 267 Å². The van der Waals surface area contributed by atoms with Crippen LogP contribution in [-0.4, -0.2) is 0 Å². The van der Waals surface area contributed by atoms with Crippen molar-refractivity contribution in [2.24, 2.45) is 0 Å². The molecule has 43 heavy (non-hydrogen) atoms. The van der Waals surface area contributed by atoms with E-state index in [0.29, 0.717) is 16.7 Å². The summed E-state index contributed by atoms with van der Waals surface area (Å²) in [6.07, 6.45) is 0. The summed E-state index contributed by atoms with van der Waals surface area (Å²) < 4.78 is 121. The van der Waals surface area contributed by atoms with E-state index in [1.165, 1.54) is 0 Å². The van der Waals surface area contributed by atoms with E-state index in [9.17, 15) is 2.74 Å². The number of furan rings is 1. The summed E-state index contributed by atoms with van der Waals surface area (Å²) in [5.74, 6) is 0. The van der Waals surface area contributed by atoms with Gasteiger partial charge in [-0.05, 0) is 90.0 Å². The van der Waals surface area contributed by atoms with Crippen LogP contribution in [0.15, 0.2) is 162 Å². The van der Waals surface area contributed by atoms with Crippen LogP contribution in [0.3, 0.4) is 0 Å². The minimum atomic E-state index is -0.716. The molecule has 1 aromatic heterocycles. The molecule has 1 nitrogen and oxygen atoms in total. The minimum Gasteiger partial charge on any atom is -0.456 e. The normalized spacial score (nSPS) is 16.0. The van der Waals surface area contributed by atoms with Crippen LogP contribution < -0.4 is 0 Å². The van der Waals surface area contributed by atoms with Gasteiger partial charge in [0.2, 0.25) is 0 Å². The molecule has 1 heteroatoms. The third-order valence-electron chi connectivity index (χ3n) is 7.97. The summed E-state index contributed by atoms with van der Waals surface area (Å²) in [6, 6.07) is 16.7. The molecule has 0 saturated heterocycles. The zero-order valence-electron chi connectivity index (χ0n) is 35.4. The molecule has 200 valence electrons. The maximum absolute atomic E-state index is 9.22. The van der Waals surface area contributed by atoms with Crippen molar-refractivity contribution in [2.75, 3.05) is 0 Å². The molecule has 0 saturated carbocycles. The van der Waals surface area contributed by atoms with E-state index in [0.717, 1.165) is 32.7 Å². The van der Waals surface area contributed by atoms with Crippen molar-refractivity contribution in [1.29, 1.82) is 0 Å². The lowest BCUT2D eigenvalue weighted by Gasteiger charge is -2.17. The molecule has 9 aromatic rings. The highest BCUT2D eigenvalue weighted by molar-refractivity contribution is 6.22. The summed E-state index contributed by atoms with van der Waals surface area (Å²) >= 11 is 0. The van der Waals surface area contributed by atoms with Gasteiger partial charge in [-0.3, -0.25) is 0 Å². The molecule has 0 radical (unpaired) electrons. The molecule has 0 fully saturated rings. The van der Waals surface area contributed by atoms with Gasteiger partial charge < -0.3 is 4.42 Å². The fourth-order valence-corrected chi connectivity index (χ4v) is 6.12. The van der Waals surface area contributed by atoms with Crippen LogP contribution in [0.1, 0.15) is 17.8 Å². The van der Waals surface area contributed by atoms with Crippen LogP contribution in [0.5, 0.6) is 0 Å². The Morgan fingerprint density at radius 2 is 1.05 bits per heavy atom. The molecule has 0 aliphatic carbocycles. The van der Waals surface area contributed by atoms with Gasteiger partial charge in [-0.2, -0.15) is 0 Å². The predicted octanol–water partition coefficient (Wildman–Crippen LogP) is 12.0. The minimum absolute atomic E-state index is 0.0437. The van der Waals surface area contributed by atoms with Crippen LogP contribution in [0, 0.1) is 0 Å². The summed E-state index contributed by atoms with van der Waals surface area (Å²) in [7, 11) is 0. The lowest BCUT2D eigenvalue weighted by Crippen LogP contribution is -1.90. The molecule has 0 N–H and O–H groups in total. The van der Waals surface area contributed by atoms with Gasteiger partial charge >= 0.3 is 0 Å². The zero-order valence-corrected chi connectivity index (χ0v) is 22.4. The van der Waals surface area contributed by atoms with Gasteiger partial charge in [-0.1, -0.05) is 133 Å². The Balaban J connectivity index is 1.45. The predicted molar refractivity (Wildman–Crippen MR) is 183 cm³/mol. The van der Waals surface area contributed by atoms with Crippen molar-refractivity contribution >= 4 is 54.3 Å².